The van der Waals surface area contributed by atoms with E-state index in [0.717, 1.165) is 0 Å². The number of rotatable bonds is 4. The van der Waals surface area contributed by atoms with Gasteiger partial charge >= 0.3 is 0 Å². The molecule has 2 rings (SSSR count). The minimum atomic E-state index is -0.299. The SMILES string of the molecule is CC(=O)Nc1ccc(N2C(=O)CC(SC(C)C)C2=O)cc1. The van der Waals surface area contributed by atoms with E-state index in [4.69, 9.17) is 0 Å². The molecular formula is C15H18N2O3S. The highest BCUT2D eigenvalue weighted by Gasteiger charge is 2.40. The number of anilines is 2. The van der Waals surface area contributed by atoms with Crippen LogP contribution in [-0.4, -0.2) is 28.2 Å². The van der Waals surface area contributed by atoms with Gasteiger partial charge in [0.05, 0.1) is 10.9 Å². The van der Waals surface area contributed by atoms with E-state index in [1.54, 1.807) is 24.3 Å². The standard InChI is InChI=1S/C15H18N2O3S/c1-9(2)21-13-8-14(19)17(15(13)20)12-6-4-11(5-7-12)16-10(3)18/h4-7,9,13H,8H2,1-3H3,(H,16,18). The lowest BCUT2D eigenvalue weighted by Gasteiger charge is -2.16. The molecule has 1 aliphatic heterocycles. The number of thioether (sulfide) groups is 1. The lowest BCUT2D eigenvalue weighted by molar-refractivity contribution is -0.121. The summed E-state index contributed by atoms with van der Waals surface area (Å²) in [6.07, 6.45) is 0.245. The first kappa shape index (κ1) is 15.6. The third kappa shape index (κ3) is 3.64. The van der Waals surface area contributed by atoms with Crippen molar-refractivity contribution in [3.63, 3.8) is 0 Å². The molecule has 0 saturated carbocycles. The van der Waals surface area contributed by atoms with Gasteiger partial charge < -0.3 is 5.32 Å². The molecule has 0 radical (unpaired) electrons. The van der Waals surface area contributed by atoms with Crippen LogP contribution in [0.2, 0.25) is 0 Å². The fraction of sp³-hybridized carbons (Fsp3) is 0.400. The highest BCUT2D eigenvalue weighted by molar-refractivity contribution is 8.01. The van der Waals surface area contributed by atoms with Crippen molar-refractivity contribution in [1.82, 2.24) is 0 Å². The number of carbonyl (C=O) groups is 3. The Labute approximate surface area is 128 Å². The maximum absolute atomic E-state index is 12.3. The Hall–Kier alpha value is -1.82. The van der Waals surface area contributed by atoms with Crippen LogP contribution in [-0.2, 0) is 14.4 Å². The van der Waals surface area contributed by atoms with Crippen molar-refractivity contribution >= 4 is 40.9 Å². The van der Waals surface area contributed by atoms with Crippen molar-refractivity contribution < 1.29 is 14.4 Å². The minimum absolute atomic E-state index is 0.161. The number of imide groups is 1. The molecule has 1 unspecified atom stereocenters. The summed E-state index contributed by atoms with van der Waals surface area (Å²) in [5.41, 5.74) is 1.18. The molecule has 1 fully saturated rings. The van der Waals surface area contributed by atoms with Gasteiger partial charge in [0.1, 0.15) is 0 Å². The van der Waals surface area contributed by atoms with E-state index in [-0.39, 0.29) is 29.4 Å². The predicted molar refractivity (Wildman–Crippen MR) is 84.4 cm³/mol. The van der Waals surface area contributed by atoms with Crippen molar-refractivity contribution in [3.8, 4) is 0 Å². The lowest BCUT2D eigenvalue weighted by Crippen LogP contribution is -2.31. The van der Waals surface area contributed by atoms with Crippen molar-refractivity contribution in [2.24, 2.45) is 0 Å². The van der Waals surface area contributed by atoms with Gasteiger partial charge in [0.2, 0.25) is 17.7 Å². The van der Waals surface area contributed by atoms with Crippen LogP contribution in [0.1, 0.15) is 27.2 Å². The van der Waals surface area contributed by atoms with E-state index in [1.165, 1.54) is 23.6 Å². The number of hydrogen-bond donors (Lipinski definition) is 1. The Morgan fingerprint density at radius 2 is 1.90 bits per heavy atom. The summed E-state index contributed by atoms with van der Waals surface area (Å²) in [5, 5.41) is 2.65. The molecular weight excluding hydrogens is 288 g/mol. The summed E-state index contributed by atoms with van der Waals surface area (Å²) in [7, 11) is 0. The zero-order valence-electron chi connectivity index (χ0n) is 12.3. The molecule has 0 spiro atoms. The van der Waals surface area contributed by atoms with E-state index < -0.39 is 0 Å². The van der Waals surface area contributed by atoms with Gasteiger partial charge in [-0.2, -0.15) is 0 Å². The summed E-state index contributed by atoms with van der Waals surface area (Å²) in [4.78, 5) is 36.6. The summed E-state index contributed by atoms with van der Waals surface area (Å²) < 4.78 is 0. The molecule has 6 heteroatoms. The van der Waals surface area contributed by atoms with E-state index in [0.29, 0.717) is 16.6 Å². The zero-order valence-corrected chi connectivity index (χ0v) is 13.1. The third-order valence-electron chi connectivity index (χ3n) is 2.99. The fourth-order valence-electron chi connectivity index (χ4n) is 2.21. The first-order chi connectivity index (χ1) is 9.88. The number of nitrogens with one attached hydrogen (secondary N) is 1. The molecule has 1 aromatic rings. The molecule has 3 amide bonds. The first-order valence-corrected chi connectivity index (χ1v) is 7.72. The Kier molecular flexibility index (Phi) is 4.67. The largest absolute Gasteiger partial charge is 0.326 e. The molecule has 1 aromatic carbocycles. The van der Waals surface area contributed by atoms with Crippen LogP contribution in [0.15, 0.2) is 24.3 Å². The molecule has 0 bridgehead atoms. The third-order valence-corrected chi connectivity index (χ3v) is 4.23. The highest BCUT2D eigenvalue weighted by atomic mass is 32.2. The van der Waals surface area contributed by atoms with Crippen molar-refractivity contribution in [2.75, 3.05) is 10.2 Å². The summed E-state index contributed by atoms with van der Waals surface area (Å²) >= 11 is 1.51. The smallest absolute Gasteiger partial charge is 0.247 e. The van der Waals surface area contributed by atoms with Gasteiger partial charge in [-0.3, -0.25) is 14.4 Å². The molecule has 1 atom stereocenters. The number of amides is 3. The topological polar surface area (TPSA) is 66.5 Å². The Balaban J connectivity index is 2.16. The maximum atomic E-state index is 12.3. The molecule has 0 aromatic heterocycles. The van der Waals surface area contributed by atoms with Gasteiger partial charge in [-0.15, -0.1) is 11.8 Å². The average Bonchev–Trinajstić information content (AvgIpc) is 2.64. The van der Waals surface area contributed by atoms with E-state index in [2.05, 4.69) is 5.32 Å². The molecule has 1 aliphatic rings. The lowest BCUT2D eigenvalue weighted by atomic mass is 10.2. The Morgan fingerprint density at radius 3 is 2.43 bits per heavy atom. The van der Waals surface area contributed by atoms with Crippen LogP contribution in [0.4, 0.5) is 11.4 Å². The van der Waals surface area contributed by atoms with Gasteiger partial charge in [-0.1, -0.05) is 13.8 Å². The molecule has 1 heterocycles. The molecule has 21 heavy (non-hydrogen) atoms. The Morgan fingerprint density at radius 1 is 1.29 bits per heavy atom. The number of hydrogen-bond acceptors (Lipinski definition) is 4. The van der Waals surface area contributed by atoms with E-state index >= 15 is 0 Å². The molecule has 112 valence electrons. The van der Waals surface area contributed by atoms with Crippen LogP contribution in [0.3, 0.4) is 0 Å². The zero-order chi connectivity index (χ0) is 15.6. The highest BCUT2D eigenvalue weighted by Crippen LogP contribution is 2.32. The second-order valence-corrected chi connectivity index (χ2v) is 6.96. The van der Waals surface area contributed by atoms with Crippen LogP contribution in [0.25, 0.3) is 0 Å². The van der Waals surface area contributed by atoms with Gasteiger partial charge in [0, 0.05) is 19.0 Å². The monoisotopic (exact) mass is 306 g/mol. The van der Waals surface area contributed by atoms with Crippen LogP contribution in [0.5, 0.6) is 0 Å². The average molecular weight is 306 g/mol. The van der Waals surface area contributed by atoms with E-state index in [1.807, 2.05) is 13.8 Å². The molecule has 5 nitrogen and oxygen atoms in total. The van der Waals surface area contributed by atoms with Crippen molar-refractivity contribution in [2.45, 2.75) is 37.7 Å². The second-order valence-electron chi connectivity index (χ2n) is 5.17. The molecule has 1 N–H and O–H groups in total. The summed E-state index contributed by atoms with van der Waals surface area (Å²) in [5.74, 6) is -0.499. The van der Waals surface area contributed by atoms with Gasteiger partial charge in [-0.05, 0) is 29.5 Å². The molecule has 0 aliphatic carbocycles. The van der Waals surface area contributed by atoms with Gasteiger partial charge in [-0.25, -0.2) is 4.90 Å². The van der Waals surface area contributed by atoms with E-state index in [9.17, 15) is 14.4 Å². The quantitative estimate of drug-likeness (QED) is 0.868. The minimum Gasteiger partial charge on any atom is -0.326 e. The van der Waals surface area contributed by atoms with Crippen LogP contribution in [0, 0.1) is 0 Å². The van der Waals surface area contributed by atoms with Crippen LogP contribution < -0.4 is 10.2 Å². The van der Waals surface area contributed by atoms with Gasteiger partial charge in [0.25, 0.3) is 0 Å². The number of benzene rings is 1. The number of nitrogens with zero attached hydrogens (tertiary/aromatic N) is 1. The summed E-state index contributed by atoms with van der Waals surface area (Å²) in [6, 6.07) is 6.70. The van der Waals surface area contributed by atoms with Crippen molar-refractivity contribution in [3.05, 3.63) is 24.3 Å². The van der Waals surface area contributed by atoms with Gasteiger partial charge in [0.15, 0.2) is 0 Å². The van der Waals surface area contributed by atoms with Crippen molar-refractivity contribution in [1.29, 1.82) is 0 Å². The fourth-order valence-corrected chi connectivity index (χ4v) is 3.32. The Bertz CT molecular complexity index is 569. The normalized spacial score (nSPS) is 18.5. The summed E-state index contributed by atoms with van der Waals surface area (Å²) in [6.45, 7) is 5.44. The maximum Gasteiger partial charge on any atom is 0.247 e. The first-order valence-electron chi connectivity index (χ1n) is 6.78. The number of carbonyl (C=O) groups excluding carboxylic acids is 3. The second kappa shape index (κ2) is 6.30. The van der Waals surface area contributed by atoms with Crippen LogP contribution >= 0.6 is 11.8 Å². The predicted octanol–water partition coefficient (Wildman–Crippen LogP) is 2.42. The molecule has 1 saturated heterocycles.